The summed E-state index contributed by atoms with van der Waals surface area (Å²) in [5.41, 5.74) is 1.81. The summed E-state index contributed by atoms with van der Waals surface area (Å²) < 4.78 is 5.27. The van der Waals surface area contributed by atoms with Gasteiger partial charge in [0.2, 0.25) is 11.8 Å². The Bertz CT molecular complexity index is 597. The number of ether oxygens (including phenoxy) is 1. The Morgan fingerprint density at radius 1 is 1.40 bits per heavy atom. The van der Waals surface area contributed by atoms with Crippen molar-refractivity contribution in [1.29, 1.82) is 0 Å². The number of amides is 2. The molecule has 0 radical (unpaired) electrons. The number of hydrogen-bond donors (Lipinski definition) is 1. The number of fused-ring (bicyclic) bond motifs is 1. The number of nitrogens with one attached hydrogen (secondary N) is 1. The zero-order valence-corrected chi connectivity index (χ0v) is 11.1. The fraction of sp³-hybridized carbons (Fsp3) is 0.357. The molecule has 0 bridgehead atoms. The van der Waals surface area contributed by atoms with Gasteiger partial charge < -0.3 is 9.64 Å². The maximum Gasteiger partial charge on any atom is 0.249 e. The van der Waals surface area contributed by atoms with Crippen LogP contribution in [0, 0.1) is 0 Å². The number of rotatable bonds is 2. The molecule has 2 heterocycles. The van der Waals surface area contributed by atoms with Crippen LogP contribution in [0.2, 0.25) is 0 Å². The van der Waals surface area contributed by atoms with E-state index in [1.165, 1.54) is 0 Å². The largest absolute Gasteiger partial charge is 0.494 e. The highest BCUT2D eigenvalue weighted by Gasteiger charge is 2.32. The third-order valence-corrected chi connectivity index (χ3v) is 3.60. The average Bonchev–Trinajstić information content (AvgIpc) is 2.46. The molecule has 6 heteroatoms. The van der Waals surface area contributed by atoms with E-state index >= 15 is 0 Å². The summed E-state index contributed by atoms with van der Waals surface area (Å²) in [5.74, 6) is 0.267. The van der Waals surface area contributed by atoms with Crippen LogP contribution in [0.1, 0.15) is 18.4 Å². The van der Waals surface area contributed by atoms with Crippen molar-refractivity contribution in [3.8, 4) is 5.75 Å². The monoisotopic (exact) mass is 273 g/mol. The molecule has 1 atom stereocenters. The molecule has 2 amide bonds. The molecule has 2 aliphatic heterocycles. The van der Waals surface area contributed by atoms with Gasteiger partial charge in [-0.1, -0.05) is 12.1 Å². The molecule has 0 aliphatic carbocycles. The number of hydrogen-bond acceptors (Lipinski definition) is 5. The number of imide groups is 1. The summed E-state index contributed by atoms with van der Waals surface area (Å²) in [6.45, 7) is 0.586. The number of aliphatic imine (C=N–C) groups is 1. The Morgan fingerprint density at radius 2 is 2.25 bits per heavy atom. The first-order chi connectivity index (χ1) is 9.69. The van der Waals surface area contributed by atoms with Crippen molar-refractivity contribution in [2.24, 2.45) is 4.99 Å². The topological polar surface area (TPSA) is 71.0 Å². The van der Waals surface area contributed by atoms with E-state index in [2.05, 4.69) is 10.3 Å². The van der Waals surface area contributed by atoms with Gasteiger partial charge in [-0.2, -0.15) is 0 Å². The fourth-order valence-corrected chi connectivity index (χ4v) is 2.57. The van der Waals surface area contributed by atoms with E-state index in [1.807, 2.05) is 23.1 Å². The third kappa shape index (κ3) is 2.13. The average molecular weight is 273 g/mol. The van der Waals surface area contributed by atoms with Crippen LogP contribution >= 0.6 is 0 Å². The van der Waals surface area contributed by atoms with E-state index in [0.717, 1.165) is 17.0 Å². The van der Waals surface area contributed by atoms with Gasteiger partial charge in [0.15, 0.2) is 0 Å². The van der Waals surface area contributed by atoms with Crippen LogP contribution in [0.15, 0.2) is 23.2 Å². The zero-order chi connectivity index (χ0) is 14.1. The fourth-order valence-electron chi connectivity index (χ4n) is 2.57. The molecule has 1 aromatic rings. The van der Waals surface area contributed by atoms with Crippen molar-refractivity contribution in [2.45, 2.75) is 25.4 Å². The van der Waals surface area contributed by atoms with Gasteiger partial charge in [-0.05, 0) is 12.5 Å². The van der Waals surface area contributed by atoms with E-state index in [0.29, 0.717) is 19.4 Å². The first-order valence-electron chi connectivity index (χ1n) is 6.48. The van der Waals surface area contributed by atoms with E-state index in [-0.39, 0.29) is 17.9 Å². The lowest BCUT2D eigenvalue weighted by Gasteiger charge is -2.33. The lowest BCUT2D eigenvalue weighted by molar-refractivity contribution is -0.136. The molecular formula is C14H15N3O3. The van der Waals surface area contributed by atoms with E-state index in [9.17, 15) is 9.59 Å². The molecule has 20 heavy (non-hydrogen) atoms. The van der Waals surface area contributed by atoms with Crippen LogP contribution in [0.5, 0.6) is 5.75 Å². The van der Waals surface area contributed by atoms with Crippen LogP contribution in [0.25, 0.3) is 0 Å². The molecule has 104 valence electrons. The van der Waals surface area contributed by atoms with Gasteiger partial charge >= 0.3 is 0 Å². The molecule has 0 aromatic heterocycles. The van der Waals surface area contributed by atoms with E-state index in [4.69, 9.17) is 4.74 Å². The van der Waals surface area contributed by atoms with Crippen molar-refractivity contribution >= 4 is 23.8 Å². The van der Waals surface area contributed by atoms with Crippen LogP contribution < -0.4 is 10.1 Å². The van der Waals surface area contributed by atoms with E-state index in [1.54, 1.807) is 13.4 Å². The van der Waals surface area contributed by atoms with Crippen molar-refractivity contribution in [1.82, 2.24) is 10.2 Å². The Labute approximate surface area is 116 Å². The maximum absolute atomic E-state index is 11.9. The van der Waals surface area contributed by atoms with Crippen molar-refractivity contribution < 1.29 is 14.3 Å². The lowest BCUT2D eigenvalue weighted by Crippen LogP contribution is -2.52. The molecule has 1 aromatic carbocycles. The van der Waals surface area contributed by atoms with Crippen molar-refractivity contribution in [2.75, 3.05) is 7.11 Å². The molecule has 1 unspecified atom stereocenters. The van der Waals surface area contributed by atoms with Crippen LogP contribution in [0.3, 0.4) is 0 Å². The van der Waals surface area contributed by atoms with Crippen LogP contribution in [-0.2, 0) is 16.1 Å². The molecule has 1 fully saturated rings. The van der Waals surface area contributed by atoms with Gasteiger partial charge in [0.25, 0.3) is 0 Å². The quantitative estimate of drug-likeness (QED) is 0.815. The summed E-state index contributed by atoms with van der Waals surface area (Å²) in [6, 6.07) is 5.39. The molecule has 3 rings (SSSR count). The highest BCUT2D eigenvalue weighted by Crippen LogP contribution is 2.34. The molecule has 6 nitrogen and oxygen atoms in total. The molecule has 1 N–H and O–H groups in total. The number of nitrogens with zero attached hydrogens (tertiary/aromatic N) is 2. The second kappa shape index (κ2) is 4.96. The normalized spacial score (nSPS) is 21.4. The van der Waals surface area contributed by atoms with Gasteiger partial charge in [0.1, 0.15) is 17.5 Å². The number of piperidine rings is 1. The minimum atomic E-state index is -0.337. The van der Waals surface area contributed by atoms with Gasteiger partial charge in [-0.25, -0.2) is 4.99 Å². The summed E-state index contributed by atoms with van der Waals surface area (Å²) in [4.78, 5) is 29.3. The second-order valence-corrected chi connectivity index (χ2v) is 4.85. The SMILES string of the molecule is COc1cccc2c1N=CN(C1CCC(=O)NC1=O)C2. The predicted octanol–water partition coefficient (Wildman–Crippen LogP) is 0.976. The van der Waals surface area contributed by atoms with Crippen LogP contribution in [0.4, 0.5) is 5.69 Å². The minimum Gasteiger partial charge on any atom is -0.494 e. The maximum atomic E-state index is 11.9. The Balaban J connectivity index is 1.83. The first kappa shape index (κ1) is 12.7. The van der Waals surface area contributed by atoms with Crippen molar-refractivity contribution in [3.63, 3.8) is 0 Å². The Hall–Kier alpha value is -2.37. The number of carbonyl (C=O) groups is 2. The number of para-hydroxylation sites is 1. The summed E-state index contributed by atoms with van der Waals surface area (Å²) in [7, 11) is 1.61. The predicted molar refractivity (Wildman–Crippen MR) is 72.9 cm³/mol. The van der Waals surface area contributed by atoms with Crippen molar-refractivity contribution in [3.05, 3.63) is 23.8 Å². The van der Waals surface area contributed by atoms with Gasteiger partial charge in [-0.3, -0.25) is 14.9 Å². The van der Waals surface area contributed by atoms with Crippen LogP contribution in [-0.4, -0.2) is 36.2 Å². The highest BCUT2D eigenvalue weighted by molar-refractivity contribution is 6.01. The first-order valence-corrected chi connectivity index (χ1v) is 6.48. The lowest BCUT2D eigenvalue weighted by atomic mass is 10.0. The summed E-state index contributed by atoms with van der Waals surface area (Å²) in [6.07, 6.45) is 2.55. The van der Waals surface area contributed by atoms with Gasteiger partial charge in [-0.15, -0.1) is 0 Å². The highest BCUT2D eigenvalue weighted by atomic mass is 16.5. The second-order valence-electron chi connectivity index (χ2n) is 4.85. The van der Waals surface area contributed by atoms with Gasteiger partial charge in [0.05, 0.1) is 13.4 Å². The number of carbonyl (C=O) groups excluding carboxylic acids is 2. The smallest absolute Gasteiger partial charge is 0.249 e. The minimum absolute atomic E-state index is 0.206. The Morgan fingerprint density at radius 3 is 3.00 bits per heavy atom. The summed E-state index contributed by atoms with van der Waals surface area (Å²) in [5, 5.41) is 2.37. The van der Waals surface area contributed by atoms with Gasteiger partial charge in [0, 0.05) is 18.5 Å². The molecule has 1 saturated heterocycles. The molecule has 0 spiro atoms. The molecular weight excluding hydrogens is 258 g/mol. The third-order valence-electron chi connectivity index (χ3n) is 3.60. The standard InChI is InChI=1S/C14H15N3O3/c1-20-11-4-2-3-9-7-17(8-15-13(9)11)10-5-6-12(18)16-14(10)19/h2-4,8,10H,5-7H2,1H3,(H,16,18,19). The molecule has 0 saturated carbocycles. The van der Waals surface area contributed by atoms with E-state index < -0.39 is 0 Å². The number of methoxy groups -OCH3 is 1. The molecule has 2 aliphatic rings. The number of benzene rings is 1. The zero-order valence-electron chi connectivity index (χ0n) is 11.1. The summed E-state index contributed by atoms with van der Waals surface area (Å²) >= 11 is 0. The Kier molecular flexibility index (Phi) is 3.14.